The largest absolute Gasteiger partial charge is 0.341 e. The first-order valence-corrected chi connectivity index (χ1v) is 9.25. The fraction of sp³-hybridized carbons (Fsp3) is 0.238. The summed E-state index contributed by atoms with van der Waals surface area (Å²) in [5.74, 6) is 0.427. The molecule has 140 valence electrons. The van der Waals surface area contributed by atoms with E-state index in [1.807, 2.05) is 32.4 Å². The van der Waals surface area contributed by atoms with Gasteiger partial charge in [-0.25, -0.2) is 19.3 Å². The van der Waals surface area contributed by atoms with Gasteiger partial charge in [-0.3, -0.25) is 4.68 Å². The van der Waals surface area contributed by atoms with E-state index in [1.54, 1.807) is 23.0 Å². The van der Waals surface area contributed by atoms with Crippen molar-refractivity contribution in [3.05, 3.63) is 54.6 Å². The van der Waals surface area contributed by atoms with Crippen molar-refractivity contribution in [3.8, 4) is 22.5 Å². The Balaban J connectivity index is 1.70. The van der Waals surface area contributed by atoms with Gasteiger partial charge < -0.3 is 4.90 Å². The molecule has 6 nitrogen and oxygen atoms in total. The van der Waals surface area contributed by atoms with Gasteiger partial charge in [0.15, 0.2) is 5.65 Å². The third kappa shape index (κ3) is 2.98. The molecular formula is C21H19FN6. The fourth-order valence-electron chi connectivity index (χ4n) is 3.39. The normalized spacial score (nSPS) is 13.8. The minimum atomic E-state index is -0.278. The van der Waals surface area contributed by atoms with Crippen molar-refractivity contribution in [2.75, 3.05) is 11.9 Å². The average Bonchev–Trinajstić information content (AvgIpc) is 3.48. The number of hydrogen-bond acceptors (Lipinski definition) is 5. The third-order valence-electron chi connectivity index (χ3n) is 5.06. The van der Waals surface area contributed by atoms with Crippen LogP contribution >= 0.6 is 0 Å². The summed E-state index contributed by atoms with van der Waals surface area (Å²) in [6.45, 7) is 0. The molecule has 1 aromatic carbocycles. The Hall–Kier alpha value is -3.35. The number of anilines is 1. The van der Waals surface area contributed by atoms with Crippen LogP contribution < -0.4 is 4.90 Å². The highest BCUT2D eigenvalue weighted by molar-refractivity contribution is 5.89. The maximum absolute atomic E-state index is 13.4. The van der Waals surface area contributed by atoms with Gasteiger partial charge in [-0.2, -0.15) is 5.10 Å². The van der Waals surface area contributed by atoms with Crippen molar-refractivity contribution in [1.29, 1.82) is 0 Å². The molecule has 28 heavy (non-hydrogen) atoms. The lowest BCUT2D eigenvalue weighted by molar-refractivity contribution is 0.628. The number of pyridine rings is 1. The van der Waals surface area contributed by atoms with Gasteiger partial charge in [-0.15, -0.1) is 0 Å². The van der Waals surface area contributed by atoms with Gasteiger partial charge in [0.25, 0.3) is 0 Å². The second kappa shape index (κ2) is 6.37. The summed E-state index contributed by atoms with van der Waals surface area (Å²) in [7, 11) is 3.90. The molecule has 0 radical (unpaired) electrons. The lowest BCUT2D eigenvalue weighted by Gasteiger charge is -2.17. The Morgan fingerprint density at radius 2 is 1.89 bits per heavy atom. The quantitative estimate of drug-likeness (QED) is 0.543. The van der Waals surface area contributed by atoms with E-state index in [0.717, 1.165) is 27.9 Å². The zero-order valence-corrected chi connectivity index (χ0v) is 15.7. The molecule has 5 rings (SSSR count). The maximum Gasteiger partial charge on any atom is 0.225 e. The minimum Gasteiger partial charge on any atom is -0.341 e. The first kappa shape index (κ1) is 16.8. The summed E-state index contributed by atoms with van der Waals surface area (Å²) >= 11 is 0. The Bertz CT molecular complexity index is 1160. The minimum absolute atomic E-state index is 0.278. The highest BCUT2D eigenvalue weighted by Gasteiger charge is 2.28. The van der Waals surface area contributed by atoms with Crippen LogP contribution in [0.1, 0.15) is 12.8 Å². The average molecular weight is 374 g/mol. The van der Waals surface area contributed by atoms with Crippen molar-refractivity contribution in [1.82, 2.24) is 24.7 Å². The molecule has 3 heterocycles. The van der Waals surface area contributed by atoms with E-state index >= 15 is 0 Å². The molecule has 1 aliphatic rings. The summed E-state index contributed by atoms with van der Waals surface area (Å²) in [5.41, 5.74) is 3.86. The topological polar surface area (TPSA) is 59.7 Å². The lowest BCUT2D eigenvalue weighted by atomic mass is 10.0. The first-order chi connectivity index (χ1) is 13.6. The molecule has 3 aromatic heterocycles. The van der Waals surface area contributed by atoms with Crippen LogP contribution in [-0.2, 0) is 7.05 Å². The molecule has 0 aliphatic heterocycles. The standard InChI is InChI=1S/C21H19FN6/c1-27-12-14-11-17(18-9-10-23-21(24-18)28(2)16-7-8-16)19(25-20(14)26-27)13-3-5-15(22)6-4-13/h3-6,9-12,16H,7-8H2,1-2H3. The number of benzene rings is 1. The van der Waals surface area contributed by atoms with Crippen LogP contribution in [-0.4, -0.2) is 37.8 Å². The number of rotatable bonds is 4. The van der Waals surface area contributed by atoms with Crippen molar-refractivity contribution < 1.29 is 4.39 Å². The molecule has 0 unspecified atom stereocenters. The smallest absolute Gasteiger partial charge is 0.225 e. The van der Waals surface area contributed by atoms with E-state index in [4.69, 9.17) is 9.97 Å². The molecule has 4 aromatic rings. The number of fused-ring (bicyclic) bond motifs is 1. The van der Waals surface area contributed by atoms with Crippen LogP contribution in [0, 0.1) is 5.82 Å². The van der Waals surface area contributed by atoms with Gasteiger partial charge in [0, 0.05) is 49.0 Å². The Morgan fingerprint density at radius 3 is 2.64 bits per heavy atom. The summed E-state index contributed by atoms with van der Waals surface area (Å²) in [6.07, 6.45) is 6.05. The van der Waals surface area contributed by atoms with E-state index in [-0.39, 0.29) is 5.82 Å². The predicted molar refractivity (Wildman–Crippen MR) is 106 cm³/mol. The zero-order valence-electron chi connectivity index (χ0n) is 15.7. The number of nitrogens with zero attached hydrogens (tertiary/aromatic N) is 6. The molecule has 1 fully saturated rings. The molecule has 0 bridgehead atoms. The van der Waals surface area contributed by atoms with Gasteiger partial charge in [0.05, 0.1) is 11.4 Å². The van der Waals surface area contributed by atoms with E-state index in [1.165, 1.54) is 25.0 Å². The van der Waals surface area contributed by atoms with Gasteiger partial charge in [0.1, 0.15) is 5.82 Å². The van der Waals surface area contributed by atoms with E-state index in [9.17, 15) is 4.39 Å². The van der Waals surface area contributed by atoms with Crippen LogP contribution in [0.3, 0.4) is 0 Å². The molecule has 1 aliphatic carbocycles. The van der Waals surface area contributed by atoms with Crippen molar-refractivity contribution in [2.24, 2.45) is 7.05 Å². The molecular weight excluding hydrogens is 355 g/mol. The third-order valence-corrected chi connectivity index (χ3v) is 5.06. The Labute approximate surface area is 161 Å². The monoisotopic (exact) mass is 374 g/mol. The fourth-order valence-corrected chi connectivity index (χ4v) is 3.39. The number of halogens is 1. The molecule has 0 N–H and O–H groups in total. The van der Waals surface area contributed by atoms with Gasteiger partial charge in [-0.05, 0) is 49.2 Å². The second-order valence-electron chi connectivity index (χ2n) is 7.19. The van der Waals surface area contributed by atoms with E-state index < -0.39 is 0 Å². The van der Waals surface area contributed by atoms with Crippen LogP contribution in [0.25, 0.3) is 33.5 Å². The lowest BCUT2D eigenvalue weighted by Crippen LogP contribution is -2.21. The zero-order chi connectivity index (χ0) is 19.3. The van der Waals surface area contributed by atoms with E-state index in [2.05, 4.69) is 15.0 Å². The van der Waals surface area contributed by atoms with Gasteiger partial charge in [-0.1, -0.05) is 0 Å². The summed E-state index contributed by atoms with van der Waals surface area (Å²) in [4.78, 5) is 16.1. The summed E-state index contributed by atoms with van der Waals surface area (Å²) in [6, 6.07) is 10.8. The van der Waals surface area contributed by atoms with Crippen molar-refractivity contribution in [2.45, 2.75) is 18.9 Å². The van der Waals surface area contributed by atoms with Crippen LogP contribution in [0.4, 0.5) is 10.3 Å². The first-order valence-electron chi connectivity index (χ1n) is 9.25. The summed E-state index contributed by atoms with van der Waals surface area (Å²) in [5, 5.41) is 5.35. The number of aryl methyl sites for hydroxylation is 1. The Morgan fingerprint density at radius 1 is 1.11 bits per heavy atom. The molecule has 0 atom stereocenters. The van der Waals surface area contributed by atoms with Crippen molar-refractivity contribution in [3.63, 3.8) is 0 Å². The molecule has 7 heteroatoms. The van der Waals surface area contributed by atoms with Crippen LogP contribution in [0.2, 0.25) is 0 Å². The predicted octanol–water partition coefficient (Wildman–Crippen LogP) is 3.83. The maximum atomic E-state index is 13.4. The van der Waals surface area contributed by atoms with Crippen LogP contribution in [0.5, 0.6) is 0 Å². The van der Waals surface area contributed by atoms with Crippen molar-refractivity contribution >= 4 is 17.0 Å². The van der Waals surface area contributed by atoms with Crippen LogP contribution in [0.15, 0.2) is 48.8 Å². The molecule has 0 saturated heterocycles. The molecule has 0 amide bonds. The number of hydrogen-bond donors (Lipinski definition) is 0. The van der Waals surface area contributed by atoms with Gasteiger partial charge in [0.2, 0.25) is 5.95 Å². The van der Waals surface area contributed by atoms with Gasteiger partial charge >= 0.3 is 0 Å². The highest BCUT2D eigenvalue weighted by Crippen LogP contribution is 2.34. The molecule has 1 saturated carbocycles. The molecule has 0 spiro atoms. The second-order valence-corrected chi connectivity index (χ2v) is 7.19. The SMILES string of the molecule is CN(c1nccc(-c2cc3cn(C)nc3nc2-c2ccc(F)cc2)n1)C1CC1. The summed E-state index contributed by atoms with van der Waals surface area (Å²) < 4.78 is 15.2. The Kier molecular flexibility index (Phi) is 3.82. The number of aromatic nitrogens is 5. The highest BCUT2D eigenvalue weighted by atomic mass is 19.1. The van der Waals surface area contributed by atoms with E-state index in [0.29, 0.717) is 17.6 Å².